The monoisotopic (exact) mass is 1320 g/mol. The summed E-state index contributed by atoms with van der Waals surface area (Å²) in [6.45, 7) is 0.272. The fourth-order valence-electron chi connectivity index (χ4n) is 9.16. The molecule has 4 unspecified atom stereocenters. The first-order valence-electron chi connectivity index (χ1n) is 27.3. The number of nitrogens with zero attached hydrogens (tertiary/aromatic N) is 1. The Morgan fingerprint density at radius 2 is 1.51 bits per heavy atom. The van der Waals surface area contributed by atoms with Gasteiger partial charge in [-0.25, -0.2) is 23.3 Å². The number of primary amides is 1. The highest BCUT2D eigenvalue weighted by molar-refractivity contribution is 7.66. The molecule has 3 aliphatic heterocycles. The molecular weight excluding hydrogens is 1260 g/mol. The molecule has 1 aliphatic carbocycles. The number of phosphoric acid groups is 3. The molecule has 10 amide bonds. The van der Waals surface area contributed by atoms with Gasteiger partial charge in [0.15, 0.2) is 5.43 Å². The first-order valence-corrected chi connectivity index (χ1v) is 31.8. The van der Waals surface area contributed by atoms with E-state index in [0.717, 1.165) is 4.90 Å². The van der Waals surface area contributed by atoms with Gasteiger partial charge in [-0.1, -0.05) is 50.0 Å². The average Bonchev–Trinajstić information content (AvgIpc) is 0.845. The molecule has 0 spiro atoms. The van der Waals surface area contributed by atoms with Crippen LogP contribution in [0.15, 0.2) is 69.9 Å². The van der Waals surface area contributed by atoms with E-state index in [1.807, 2.05) is 0 Å². The van der Waals surface area contributed by atoms with Gasteiger partial charge in [-0.3, -0.25) is 57.9 Å². The summed E-state index contributed by atoms with van der Waals surface area (Å²) in [5.41, 5.74) is 6.59. The van der Waals surface area contributed by atoms with Crippen LogP contribution in [0.5, 0.6) is 0 Å². The summed E-state index contributed by atoms with van der Waals surface area (Å²) in [6.07, 6.45) is -4.72. The van der Waals surface area contributed by atoms with Crippen LogP contribution in [0.1, 0.15) is 73.1 Å². The Morgan fingerprint density at radius 3 is 2.21 bits per heavy atom. The van der Waals surface area contributed by atoms with Crippen molar-refractivity contribution in [2.75, 3.05) is 45.9 Å². The predicted octanol–water partition coefficient (Wildman–Crippen LogP) is -0.359. The van der Waals surface area contributed by atoms with Gasteiger partial charge >= 0.3 is 35.5 Å². The molecule has 0 radical (unpaired) electrons. The first-order chi connectivity index (χ1) is 42.3. The molecule has 8 atom stereocenters. The number of aromatic carboxylic acids is 1. The molecule has 37 heteroatoms. The van der Waals surface area contributed by atoms with Gasteiger partial charge in [0.25, 0.3) is 5.91 Å². The summed E-state index contributed by atoms with van der Waals surface area (Å²) < 4.78 is 57.7. The molecule has 6 rings (SSSR count). The van der Waals surface area contributed by atoms with E-state index in [1.54, 1.807) is 38.1 Å². The van der Waals surface area contributed by atoms with Gasteiger partial charge in [0, 0.05) is 67.0 Å². The third-order valence-corrected chi connectivity index (χ3v) is 17.2. The Hall–Kier alpha value is -8.28. The van der Waals surface area contributed by atoms with Crippen LogP contribution in [0.2, 0.25) is 0 Å². The number of carboxylic acids is 1. The number of para-hydroxylation sites is 1. The van der Waals surface area contributed by atoms with Crippen LogP contribution < -0.4 is 48.4 Å². The molecular formula is C53H64N9O25P3. The highest BCUT2D eigenvalue weighted by atomic mass is 31.3. The topological polar surface area (TPSA) is 524 Å². The van der Waals surface area contributed by atoms with E-state index in [9.17, 15) is 86.4 Å². The van der Waals surface area contributed by atoms with E-state index in [4.69, 9.17) is 24.7 Å². The van der Waals surface area contributed by atoms with Crippen LogP contribution in [0, 0.1) is 29.6 Å². The Balaban J connectivity index is 0.869. The molecule has 2 saturated heterocycles. The summed E-state index contributed by atoms with van der Waals surface area (Å²) in [4.78, 5) is 177. The number of carbonyl (C=O) groups excluding carboxylic acids is 9. The van der Waals surface area contributed by atoms with Gasteiger partial charge in [0.05, 0.1) is 43.8 Å². The van der Waals surface area contributed by atoms with Crippen LogP contribution >= 0.6 is 23.5 Å². The van der Waals surface area contributed by atoms with Gasteiger partial charge in [0.1, 0.15) is 35.6 Å². The molecule has 0 aromatic heterocycles. The van der Waals surface area contributed by atoms with Crippen molar-refractivity contribution in [3.63, 3.8) is 0 Å². The third kappa shape index (κ3) is 21.2. The second-order valence-electron chi connectivity index (χ2n) is 20.7. The number of aliphatic hydroxyl groups excluding tert-OH is 1. The highest BCUT2D eigenvalue weighted by Crippen LogP contribution is 2.66. The van der Waals surface area contributed by atoms with Crippen LogP contribution in [-0.2, 0) is 65.1 Å². The third-order valence-electron chi connectivity index (χ3n) is 13.4. The van der Waals surface area contributed by atoms with Crippen molar-refractivity contribution < 1.29 is 114 Å². The Kier molecular flexibility index (Phi) is 24.7. The van der Waals surface area contributed by atoms with Gasteiger partial charge in [0.2, 0.25) is 41.4 Å². The van der Waals surface area contributed by atoms with Crippen LogP contribution in [-0.4, -0.2) is 164 Å². The molecule has 3 heterocycles. The minimum Gasteiger partial charge on any atom is -0.478 e. The van der Waals surface area contributed by atoms with E-state index >= 15 is 0 Å². The zero-order valence-electron chi connectivity index (χ0n) is 47.8. The quantitative estimate of drug-likeness (QED) is 0.0180. The lowest BCUT2D eigenvalue weighted by atomic mass is 9.90. The summed E-state index contributed by atoms with van der Waals surface area (Å²) in [5.74, 6) is -3.88. The van der Waals surface area contributed by atoms with Crippen molar-refractivity contribution in [2.45, 2.75) is 76.9 Å². The van der Waals surface area contributed by atoms with E-state index in [2.05, 4.69) is 62.2 Å². The van der Waals surface area contributed by atoms with Gasteiger partial charge in [-0.15, -0.1) is 0 Å². The number of phosphoric ester groups is 1. The maximum atomic E-state index is 13.3. The first kappa shape index (κ1) is 70.8. The van der Waals surface area contributed by atoms with E-state index in [0.29, 0.717) is 22.1 Å². The molecule has 90 heavy (non-hydrogen) atoms. The number of nitrogens with two attached hydrogens (primary N) is 1. The van der Waals surface area contributed by atoms with E-state index in [1.165, 1.54) is 36.4 Å². The standard InChI is InChI=1S/C53H64N9O25P3/c1-28(2)19-37(51(72)56-18-16-43(66)55-17-6-8-31-26-62(53(75)61-50(31)71)46-22-38(64)41(85-46)27-83-89(79,80)87-90(81,82)86-88(76,77)78)60-45(68)25-58-44(67)24-57-42(65)11-5-7-30(48(54)69)23-59-49(70)29-12-14-33(36(20-29)52(73)74)47-34-9-3-4-10-39(34)84-40-21-32(63)13-15-35(40)47/h3-4,9-10,12-15,20-21,28,30-31,37-38,41,46,64H,5,7,11,16-19,22-27H2,1-2H3,(H2,54,69)(H,55,66)(H,56,72)(H,57,65)(H,58,67)(H,59,70)(H,60,68)(H,73,74)(H,79,80)(H,81,82)(H,61,71,75)(H2,76,77,78)/t30?,31?,37-,38+,41-,46-/m1/s1. The smallest absolute Gasteiger partial charge is 0.478 e. The minimum atomic E-state index is -5.83. The molecule has 4 aliphatic rings. The number of hydrogen-bond acceptors (Lipinski definition) is 20. The number of fused-ring (bicyclic) bond motifs is 2. The largest absolute Gasteiger partial charge is 0.490 e. The second-order valence-corrected chi connectivity index (χ2v) is 25.1. The number of ether oxygens (including phenoxy) is 1. The molecule has 0 bridgehead atoms. The maximum absolute atomic E-state index is 13.3. The Bertz CT molecular complexity index is 3660. The number of rotatable bonds is 30. The van der Waals surface area contributed by atoms with Crippen molar-refractivity contribution in [3.05, 3.63) is 82.0 Å². The summed E-state index contributed by atoms with van der Waals surface area (Å²) in [5, 5.41) is 38.2. The summed E-state index contributed by atoms with van der Waals surface area (Å²) in [6, 6.07) is 13.0. The van der Waals surface area contributed by atoms with Crippen molar-refractivity contribution in [1.82, 2.24) is 42.1 Å². The van der Waals surface area contributed by atoms with Crippen molar-refractivity contribution in [3.8, 4) is 34.3 Å². The van der Waals surface area contributed by atoms with E-state index in [-0.39, 0.29) is 92.0 Å². The fraction of sp³-hybridized carbons (Fsp3) is 0.415. The lowest BCUT2D eigenvalue weighted by molar-refractivity contribution is -0.130. The van der Waals surface area contributed by atoms with Gasteiger partial charge in [-0.2, -0.15) is 8.62 Å². The number of nitrogens with one attached hydrogen (secondary N) is 7. The van der Waals surface area contributed by atoms with Crippen LogP contribution in [0.3, 0.4) is 0 Å². The second kappa shape index (κ2) is 31.4. The molecule has 486 valence electrons. The highest BCUT2D eigenvalue weighted by Gasteiger charge is 2.46. The van der Waals surface area contributed by atoms with Crippen LogP contribution in [0.25, 0.3) is 33.4 Å². The molecule has 2 aromatic carbocycles. The summed E-state index contributed by atoms with van der Waals surface area (Å²) in [7, 11) is -17.1. The van der Waals surface area contributed by atoms with Crippen molar-refractivity contribution in [1.29, 1.82) is 0 Å². The van der Waals surface area contributed by atoms with Gasteiger partial charge in [-0.05, 0) is 61.1 Å². The molecule has 0 saturated carbocycles. The van der Waals surface area contributed by atoms with Crippen molar-refractivity contribution in [2.24, 2.45) is 23.5 Å². The number of urea groups is 1. The predicted molar refractivity (Wildman–Crippen MR) is 309 cm³/mol. The maximum Gasteiger partial charge on any atom is 0.490 e. The van der Waals surface area contributed by atoms with Crippen LogP contribution in [0.4, 0.5) is 4.79 Å². The molecule has 2 fully saturated rings. The number of imide groups is 1. The Labute approximate surface area is 510 Å². The zero-order chi connectivity index (χ0) is 66.3. The number of benzene rings is 3. The SMILES string of the molecule is CC(C)C[C@@H](NC(=O)CNC(=O)CNC(=O)CCCC(CNC(=O)c1ccc(-c2c3ccc(=O)cc-3oc3ccccc23)c(C(=O)O)c1)C(N)=O)C(=O)NCCC(=O)NCC#CC1CN([C@H]2C[C@H](O)[C@@H](COP(=O)(O)OP(=O)(O)OP(=O)(O)O)O2)C(=O)NC1=O. The number of aliphatic hydroxyl groups is 1. The summed E-state index contributed by atoms with van der Waals surface area (Å²) >= 11 is 0. The molecule has 2 aromatic rings. The molecule has 15 N–H and O–H groups in total. The average molecular weight is 1320 g/mol. The lowest BCUT2D eigenvalue weighted by Crippen LogP contribution is -2.57. The number of carbonyl (C=O) groups is 10. The Morgan fingerprint density at radius 1 is 0.822 bits per heavy atom. The fourth-order valence-corrected chi connectivity index (χ4v) is 12.2. The molecule has 34 nitrogen and oxygen atoms in total. The number of carboxylic acid groups (broad SMARTS) is 1. The number of hydrogen-bond donors (Lipinski definition) is 14. The minimum absolute atomic E-state index is 0.0395. The van der Waals surface area contributed by atoms with E-state index < -0.39 is 145 Å². The normalized spacial score (nSPS) is 18.6. The lowest BCUT2D eigenvalue weighted by Gasteiger charge is -2.33. The zero-order valence-corrected chi connectivity index (χ0v) is 50.5. The van der Waals surface area contributed by atoms with Gasteiger partial charge < -0.3 is 76.6 Å². The van der Waals surface area contributed by atoms with Crippen molar-refractivity contribution >= 4 is 93.7 Å². The number of amides is 10.